The van der Waals surface area contributed by atoms with Gasteiger partial charge in [0.25, 0.3) is 11.8 Å². The Morgan fingerprint density at radius 1 is 1.25 bits per heavy atom. The van der Waals surface area contributed by atoms with Gasteiger partial charge >= 0.3 is 0 Å². The molecule has 1 aliphatic rings. The number of halogens is 1. The minimum atomic E-state index is -0.564. The van der Waals surface area contributed by atoms with Gasteiger partial charge in [-0.25, -0.2) is 0 Å². The molecule has 2 N–H and O–H groups in total. The van der Waals surface area contributed by atoms with Gasteiger partial charge in [0, 0.05) is 11.3 Å². The van der Waals surface area contributed by atoms with Crippen molar-refractivity contribution in [1.82, 2.24) is 5.16 Å². The maximum atomic E-state index is 12.9. The second kappa shape index (κ2) is 7.01. The van der Waals surface area contributed by atoms with E-state index in [0.717, 1.165) is 0 Å². The van der Waals surface area contributed by atoms with Gasteiger partial charge in [0.15, 0.2) is 6.10 Å². The van der Waals surface area contributed by atoms with Crippen molar-refractivity contribution in [2.75, 3.05) is 10.6 Å². The Bertz CT molecular complexity index is 1090. The van der Waals surface area contributed by atoms with Crippen LogP contribution >= 0.6 is 11.6 Å². The van der Waals surface area contributed by atoms with Crippen molar-refractivity contribution in [3.8, 4) is 17.0 Å². The highest BCUT2D eigenvalue weighted by Crippen LogP contribution is 2.34. The molecule has 2 heterocycles. The van der Waals surface area contributed by atoms with E-state index >= 15 is 0 Å². The number of fused-ring (bicyclic) bond motifs is 1. The van der Waals surface area contributed by atoms with Crippen LogP contribution in [0, 0.1) is 6.92 Å². The normalized spacial score (nSPS) is 15.4. The smallest absolute Gasteiger partial charge is 0.265 e. The Hall–Kier alpha value is -3.32. The molecule has 1 aliphatic heterocycles. The Kier molecular flexibility index (Phi) is 4.52. The number of carbonyl (C=O) groups is 2. The number of ether oxygens (including phenoxy) is 1. The van der Waals surface area contributed by atoms with Gasteiger partial charge in [-0.3, -0.25) is 9.59 Å². The molecule has 1 atom stereocenters. The summed E-state index contributed by atoms with van der Waals surface area (Å²) in [5.41, 5.74) is 2.25. The summed E-state index contributed by atoms with van der Waals surface area (Å²) in [6, 6.07) is 12.1. The van der Waals surface area contributed by atoms with Gasteiger partial charge in [-0.15, -0.1) is 0 Å². The number of hydrogen-bond donors (Lipinski definition) is 2. The van der Waals surface area contributed by atoms with Crippen LogP contribution in [0.5, 0.6) is 5.75 Å². The van der Waals surface area contributed by atoms with Crippen molar-refractivity contribution >= 4 is 34.8 Å². The second-order valence-electron chi connectivity index (χ2n) is 6.36. The fourth-order valence-corrected chi connectivity index (χ4v) is 3.18. The van der Waals surface area contributed by atoms with E-state index in [1.807, 2.05) is 0 Å². The van der Waals surface area contributed by atoms with E-state index in [1.165, 1.54) is 0 Å². The van der Waals surface area contributed by atoms with Crippen molar-refractivity contribution in [2.45, 2.75) is 20.0 Å². The molecule has 4 rings (SSSR count). The molecule has 1 aromatic heterocycles. The lowest BCUT2D eigenvalue weighted by molar-refractivity contribution is -0.122. The van der Waals surface area contributed by atoms with Crippen LogP contribution in [0.4, 0.5) is 11.4 Å². The highest BCUT2D eigenvalue weighted by Gasteiger charge is 2.25. The molecule has 0 spiro atoms. The SMILES string of the molecule is Cc1onc(-c2ccccc2Cl)c1C(=O)Nc1ccc2c(c1)NC(=O)[C@H](C)O2. The minimum absolute atomic E-state index is 0.244. The Morgan fingerprint density at radius 3 is 2.82 bits per heavy atom. The summed E-state index contributed by atoms with van der Waals surface area (Å²) in [7, 11) is 0. The zero-order valence-corrected chi connectivity index (χ0v) is 15.8. The molecule has 142 valence electrons. The van der Waals surface area contributed by atoms with E-state index in [-0.39, 0.29) is 5.91 Å². The molecule has 2 aromatic carbocycles. The van der Waals surface area contributed by atoms with E-state index in [1.54, 1.807) is 56.3 Å². The first-order chi connectivity index (χ1) is 13.4. The van der Waals surface area contributed by atoms with Gasteiger partial charge in [0.1, 0.15) is 22.8 Å². The molecule has 0 bridgehead atoms. The van der Waals surface area contributed by atoms with Crippen LogP contribution in [0.3, 0.4) is 0 Å². The Morgan fingerprint density at radius 2 is 2.04 bits per heavy atom. The van der Waals surface area contributed by atoms with Crippen LogP contribution in [0.15, 0.2) is 47.0 Å². The summed E-state index contributed by atoms with van der Waals surface area (Å²) in [5.74, 6) is 0.274. The summed E-state index contributed by atoms with van der Waals surface area (Å²) in [5, 5.41) is 10.0. The molecule has 0 saturated carbocycles. The molecule has 2 amide bonds. The molecule has 3 aromatic rings. The molecular formula is C20H16ClN3O4. The minimum Gasteiger partial charge on any atom is -0.479 e. The van der Waals surface area contributed by atoms with Crippen molar-refractivity contribution < 1.29 is 18.8 Å². The predicted molar refractivity (Wildman–Crippen MR) is 105 cm³/mol. The van der Waals surface area contributed by atoms with Gasteiger partial charge in [-0.2, -0.15) is 0 Å². The van der Waals surface area contributed by atoms with Gasteiger partial charge in [0.05, 0.1) is 10.7 Å². The Labute approximate surface area is 165 Å². The van der Waals surface area contributed by atoms with E-state index in [4.69, 9.17) is 20.9 Å². The number of amides is 2. The molecule has 0 unspecified atom stereocenters. The quantitative estimate of drug-likeness (QED) is 0.688. The lowest BCUT2D eigenvalue weighted by Gasteiger charge is -2.23. The standard InChI is InChI=1S/C20H16ClN3O4/c1-10-17(18(24-28-10)13-5-3-4-6-14(13)21)20(26)22-12-7-8-16-15(9-12)23-19(25)11(2)27-16/h3-9,11H,1-2H3,(H,22,26)(H,23,25)/t11-/m0/s1. The maximum absolute atomic E-state index is 12.9. The van der Waals surface area contributed by atoms with Crippen molar-refractivity contribution in [1.29, 1.82) is 0 Å². The summed E-state index contributed by atoms with van der Waals surface area (Å²) in [6.07, 6.45) is -0.564. The van der Waals surface area contributed by atoms with Crippen LogP contribution in [0.25, 0.3) is 11.3 Å². The number of nitrogens with zero attached hydrogens (tertiary/aromatic N) is 1. The highest BCUT2D eigenvalue weighted by molar-refractivity contribution is 6.33. The zero-order valence-electron chi connectivity index (χ0n) is 15.1. The predicted octanol–water partition coefficient (Wildman–Crippen LogP) is 4.28. The van der Waals surface area contributed by atoms with Crippen molar-refractivity contribution in [3.63, 3.8) is 0 Å². The first kappa shape index (κ1) is 18.1. The zero-order chi connectivity index (χ0) is 19.8. The lowest BCUT2D eigenvalue weighted by Crippen LogP contribution is -2.34. The summed E-state index contributed by atoms with van der Waals surface area (Å²) in [6.45, 7) is 3.32. The third-order valence-corrected chi connectivity index (χ3v) is 4.72. The van der Waals surface area contributed by atoms with Crippen LogP contribution in [0.1, 0.15) is 23.0 Å². The molecule has 0 aliphatic carbocycles. The number of carbonyl (C=O) groups excluding carboxylic acids is 2. The highest BCUT2D eigenvalue weighted by atomic mass is 35.5. The fraction of sp³-hybridized carbons (Fsp3) is 0.150. The molecule has 0 radical (unpaired) electrons. The number of aryl methyl sites for hydroxylation is 1. The molecule has 0 fully saturated rings. The van der Waals surface area contributed by atoms with Gasteiger partial charge < -0.3 is 19.9 Å². The van der Waals surface area contributed by atoms with Gasteiger partial charge in [-0.1, -0.05) is 35.0 Å². The molecule has 7 nitrogen and oxygen atoms in total. The molecule has 8 heteroatoms. The number of anilines is 2. The average Bonchev–Trinajstić information content (AvgIpc) is 3.04. The molecule has 28 heavy (non-hydrogen) atoms. The number of aromatic nitrogens is 1. The van der Waals surface area contributed by atoms with Crippen LogP contribution in [0.2, 0.25) is 5.02 Å². The third-order valence-electron chi connectivity index (χ3n) is 4.39. The van der Waals surface area contributed by atoms with E-state index < -0.39 is 12.0 Å². The second-order valence-corrected chi connectivity index (χ2v) is 6.76. The monoisotopic (exact) mass is 397 g/mol. The number of hydrogen-bond acceptors (Lipinski definition) is 5. The van der Waals surface area contributed by atoms with Gasteiger partial charge in [-0.05, 0) is 38.1 Å². The van der Waals surface area contributed by atoms with E-state index in [9.17, 15) is 9.59 Å². The van der Waals surface area contributed by atoms with Crippen molar-refractivity contribution in [2.24, 2.45) is 0 Å². The topological polar surface area (TPSA) is 93.5 Å². The van der Waals surface area contributed by atoms with Crippen LogP contribution < -0.4 is 15.4 Å². The van der Waals surface area contributed by atoms with E-state index in [2.05, 4.69) is 15.8 Å². The maximum Gasteiger partial charge on any atom is 0.265 e. The Balaban J connectivity index is 1.64. The first-order valence-electron chi connectivity index (χ1n) is 8.58. The van der Waals surface area contributed by atoms with E-state index in [0.29, 0.717) is 44.7 Å². The number of benzene rings is 2. The van der Waals surface area contributed by atoms with Crippen LogP contribution in [-0.2, 0) is 4.79 Å². The molecular weight excluding hydrogens is 382 g/mol. The fourth-order valence-electron chi connectivity index (χ4n) is 2.96. The number of nitrogens with one attached hydrogen (secondary N) is 2. The molecule has 0 saturated heterocycles. The number of rotatable bonds is 3. The first-order valence-corrected chi connectivity index (χ1v) is 8.96. The van der Waals surface area contributed by atoms with Crippen LogP contribution in [-0.4, -0.2) is 23.1 Å². The third kappa shape index (κ3) is 3.20. The summed E-state index contributed by atoms with van der Waals surface area (Å²) in [4.78, 5) is 24.7. The average molecular weight is 398 g/mol. The summed E-state index contributed by atoms with van der Waals surface area (Å²) >= 11 is 6.24. The summed E-state index contributed by atoms with van der Waals surface area (Å²) < 4.78 is 10.8. The largest absolute Gasteiger partial charge is 0.479 e. The van der Waals surface area contributed by atoms with Crippen molar-refractivity contribution in [3.05, 3.63) is 58.8 Å². The lowest BCUT2D eigenvalue weighted by atomic mass is 10.1. The van der Waals surface area contributed by atoms with Gasteiger partial charge in [0.2, 0.25) is 0 Å².